The van der Waals surface area contributed by atoms with Gasteiger partial charge in [0.2, 0.25) is 5.91 Å². The van der Waals surface area contributed by atoms with Crippen LogP contribution in [0.2, 0.25) is 0 Å². The number of nitrogens with one attached hydrogen (secondary N) is 2. The van der Waals surface area contributed by atoms with Crippen LogP contribution in [0.5, 0.6) is 0 Å². The summed E-state index contributed by atoms with van der Waals surface area (Å²) in [6, 6.07) is 7.37. The summed E-state index contributed by atoms with van der Waals surface area (Å²) in [6.07, 6.45) is 0.419. The van der Waals surface area contributed by atoms with E-state index < -0.39 is 17.6 Å². The lowest BCUT2D eigenvalue weighted by atomic mass is 9.99. The second kappa shape index (κ2) is 12.3. The van der Waals surface area contributed by atoms with Gasteiger partial charge >= 0.3 is 6.18 Å². The number of aryl methyl sites for hydroxylation is 1. The lowest BCUT2D eigenvalue weighted by Crippen LogP contribution is -2.27. The molecule has 4 rings (SSSR count). The molecule has 6 N–H and O–H groups in total. The molecule has 218 valence electrons. The molecular formula is C28H32F3N7O2S. The third-order valence-electron chi connectivity index (χ3n) is 6.77. The van der Waals surface area contributed by atoms with Gasteiger partial charge in [0.15, 0.2) is 5.13 Å². The van der Waals surface area contributed by atoms with Crippen LogP contribution < -0.4 is 27.2 Å². The van der Waals surface area contributed by atoms with Crippen molar-refractivity contribution in [1.82, 2.24) is 9.88 Å². The fourth-order valence-electron chi connectivity index (χ4n) is 4.62. The molecule has 2 aromatic carbocycles. The van der Waals surface area contributed by atoms with Crippen LogP contribution in [0, 0.1) is 13.8 Å². The molecule has 1 aromatic heterocycles. The predicted molar refractivity (Wildman–Crippen MR) is 155 cm³/mol. The second-order valence-corrected chi connectivity index (χ2v) is 11.0. The van der Waals surface area contributed by atoms with Gasteiger partial charge in [-0.15, -0.1) is 0 Å². The zero-order chi connectivity index (χ0) is 29.9. The van der Waals surface area contributed by atoms with Crippen LogP contribution in [0.25, 0.3) is 5.70 Å². The van der Waals surface area contributed by atoms with Gasteiger partial charge in [-0.3, -0.25) is 19.5 Å². The van der Waals surface area contributed by atoms with Crippen LogP contribution in [0.4, 0.5) is 29.7 Å². The molecule has 0 atom stereocenters. The maximum atomic E-state index is 13.9. The number of nitrogens with zero attached hydrogens (tertiary/aromatic N) is 3. The summed E-state index contributed by atoms with van der Waals surface area (Å²) in [7, 11) is 0. The Morgan fingerprint density at radius 3 is 2.51 bits per heavy atom. The maximum absolute atomic E-state index is 13.9. The molecule has 41 heavy (non-hydrogen) atoms. The van der Waals surface area contributed by atoms with Gasteiger partial charge in [-0.1, -0.05) is 17.4 Å². The minimum Gasteiger partial charge on any atom is -0.396 e. The average molecular weight is 588 g/mol. The highest BCUT2D eigenvalue weighted by molar-refractivity contribution is 7.16. The number of aromatic nitrogens is 1. The number of carbonyl (C=O) groups is 2. The average Bonchev–Trinajstić information content (AvgIpc) is 3.57. The summed E-state index contributed by atoms with van der Waals surface area (Å²) < 4.78 is 41.6. The summed E-state index contributed by atoms with van der Waals surface area (Å²) in [5.41, 5.74) is 7.85. The summed E-state index contributed by atoms with van der Waals surface area (Å²) in [5.74, 6) is 5.41. The van der Waals surface area contributed by atoms with Crippen LogP contribution >= 0.6 is 11.3 Å². The number of hydrogen-bond acceptors (Lipinski definition) is 8. The number of rotatable bonds is 8. The topological polar surface area (TPSA) is 130 Å². The van der Waals surface area contributed by atoms with Gasteiger partial charge in [-0.05, 0) is 80.7 Å². The minimum atomic E-state index is -4.56. The van der Waals surface area contributed by atoms with Crippen molar-refractivity contribution in [2.45, 2.75) is 46.3 Å². The van der Waals surface area contributed by atoms with Crippen LogP contribution in [0.1, 0.15) is 57.3 Å². The number of amides is 2. The molecule has 0 aliphatic carbocycles. The molecular weight excluding hydrogens is 555 g/mol. The lowest BCUT2D eigenvalue weighted by Gasteiger charge is -2.21. The van der Waals surface area contributed by atoms with Crippen molar-refractivity contribution in [3.05, 3.63) is 75.4 Å². The second-order valence-electron chi connectivity index (χ2n) is 9.95. The van der Waals surface area contributed by atoms with Gasteiger partial charge in [-0.25, -0.2) is 10.8 Å². The standard InChI is InChI=1S/C28H32F3N7O2S/c1-16-6-7-19(11-24(16)38(33)15-23(32)25-13-34-27(41-25)35-18(3)39)26(40)36-21-10-20(14-37-8-4-5-9-37)17(2)22(12-21)28(29,30)31/h6-7,10-13,15H,4-5,8-9,14,32-33H2,1-3H3,(H,36,40)(H,34,35,39)/b23-15-. The Labute approximate surface area is 240 Å². The summed E-state index contributed by atoms with van der Waals surface area (Å²) in [6.45, 7) is 6.68. The van der Waals surface area contributed by atoms with Crippen molar-refractivity contribution in [1.29, 1.82) is 0 Å². The number of hydrogen-bond donors (Lipinski definition) is 4. The van der Waals surface area contributed by atoms with E-state index in [1.807, 2.05) is 0 Å². The zero-order valence-corrected chi connectivity index (χ0v) is 23.7. The highest BCUT2D eigenvalue weighted by Gasteiger charge is 2.34. The molecule has 2 amide bonds. The van der Waals surface area contributed by atoms with E-state index in [1.54, 1.807) is 25.1 Å². The van der Waals surface area contributed by atoms with E-state index in [1.165, 1.54) is 48.7 Å². The smallest absolute Gasteiger partial charge is 0.396 e. The first-order valence-corrected chi connectivity index (χ1v) is 13.7. The molecule has 0 spiro atoms. The van der Waals surface area contributed by atoms with Crippen molar-refractivity contribution in [2.75, 3.05) is 28.7 Å². The van der Waals surface area contributed by atoms with Gasteiger partial charge in [-0.2, -0.15) is 13.2 Å². The highest BCUT2D eigenvalue weighted by Crippen LogP contribution is 2.36. The number of benzene rings is 2. The third kappa shape index (κ3) is 7.43. The van der Waals surface area contributed by atoms with E-state index in [0.717, 1.165) is 37.6 Å². The van der Waals surface area contributed by atoms with E-state index in [0.29, 0.717) is 27.8 Å². The van der Waals surface area contributed by atoms with E-state index in [2.05, 4.69) is 20.5 Å². The van der Waals surface area contributed by atoms with Gasteiger partial charge in [0.25, 0.3) is 5.91 Å². The molecule has 0 saturated carbocycles. The Balaban J connectivity index is 1.57. The summed E-state index contributed by atoms with van der Waals surface area (Å²) >= 11 is 1.17. The van der Waals surface area contributed by atoms with E-state index in [9.17, 15) is 22.8 Å². The van der Waals surface area contributed by atoms with E-state index in [4.69, 9.17) is 11.6 Å². The molecule has 1 fully saturated rings. The lowest BCUT2D eigenvalue weighted by molar-refractivity contribution is -0.138. The maximum Gasteiger partial charge on any atom is 0.416 e. The Morgan fingerprint density at radius 2 is 1.85 bits per heavy atom. The van der Waals surface area contributed by atoms with Crippen LogP contribution in [0.15, 0.2) is 42.7 Å². The quantitative estimate of drug-likeness (QED) is 0.210. The molecule has 13 heteroatoms. The highest BCUT2D eigenvalue weighted by atomic mass is 32.1. The number of alkyl halides is 3. The first-order valence-electron chi connectivity index (χ1n) is 12.9. The van der Waals surface area contributed by atoms with Crippen molar-refractivity contribution < 1.29 is 22.8 Å². The normalized spacial score (nSPS) is 14.3. The van der Waals surface area contributed by atoms with Crippen molar-refractivity contribution in [3.63, 3.8) is 0 Å². The first kappa shape index (κ1) is 30.0. The number of thiazole rings is 1. The predicted octanol–water partition coefficient (Wildman–Crippen LogP) is 5.22. The van der Waals surface area contributed by atoms with Crippen molar-refractivity contribution >= 4 is 45.4 Å². The summed E-state index contributed by atoms with van der Waals surface area (Å²) in [5, 5.41) is 6.85. The largest absolute Gasteiger partial charge is 0.416 e. The van der Waals surface area contributed by atoms with Gasteiger partial charge in [0.05, 0.1) is 21.8 Å². The number of anilines is 3. The fourth-order valence-corrected chi connectivity index (χ4v) is 5.40. The van der Waals surface area contributed by atoms with Gasteiger partial charge in [0.1, 0.15) is 0 Å². The number of hydrazine groups is 1. The Kier molecular flexibility index (Phi) is 9.00. The van der Waals surface area contributed by atoms with E-state index >= 15 is 0 Å². The van der Waals surface area contributed by atoms with Crippen LogP contribution in [0.3, 0.4) is 0 Å². The van der Waals surface area contributed by atoms with Crippen LogP contribution in [-0.2, 0) is 17.5 Å². The monoisotopic (exact) mass is 587 g/mol. The van der Waals surface area contributed by atoms with Crippen molar-refractivity contribution in [2.24, 2.45) is 11.6 Å². The molecule has 1 aliphatic heterocycles. The van der Waals surface area contributed by atoms with Crippen LogP contribution in [-0.4, -0.2) is 34.8 Å². The minimum absolute atomic E-state index is 0.0677. The Bertz CT molecular complexity index is 1480. The fraction of sp³-hybridized carbons (Fsp3) is 0.321. The molecule has 0 bridgehead atoms. The van der Waals surface area contributed by atoms with E-state index in [-0.39, 0.29) is 28.4 Å². The number of carbonyl (C=O) groups excluding carboxylic acids is 2. The molecule has 0 radical (unpaired) electrons. The third-order valence-corrected chi connectivity index (χ3v) is 7.73. The van der Waals surface area contributed by atoms with Crippen molar-refractivity contribution in [3.8, 4) is 0 Å². The zero-order valence-electron chi connectivity index (χ0n) is 22.9. The number of halogens is 3. The Morgan fingerprint density at radius 1 is 1.15 bits per heavy atom. The molecule has 2 heterocycles. The Hall–Kier alpha value is -3.94. The molecule has 3 aromatic rings. The SMILES string of the molecule is CC(=O)Nc1ncc(/C(N)=C/N(N)c2cc(C(=O)Nc3cc(CN4CCCC4)c(C)c(C(F)(F)F)c3)ccc2C)s1. The summed E-state index contributed by atoms with van der Waals surface area (Å²) in [4.78, 5) is 31.2. The van der Waals surface area contributed by atoms with Gasteiger partial charge < -0.3 is 16.4 Å². The first-order chi connectivity index (χ1) is 19.3. The number of likely N-dealkylation sites (tertiary alicyclic amines) is 1. The molecule has 0 unspecified atom stereocenters. The number of nitrogens with two attached hydrogens (primary N) is 2. The van der Waals surface area contributed by atoms with Gasteiger partial charge in [0, 0.05) is 37.1 Å². The molecule has 9 nitrogen and oxygen atoms in total. The molecule has 1 saturated heterocycles. The molecule has 1 aliphatic rings.